The van der Waals surface area contributed by atoms with Crippen LogP contribution in [0.25, 0.3) is 0 Å². The summed E-state index contributed by atoms with van der Waals surface area (Å²) in [7, 11) is 0. The molecule has 1 saturated carbocycles. The number of benzene rings is 1. The highest BCUT2D eigenvalue weighted by Crippen LogP contribution is 2.41. The van der Waals surface area contributed by atoms with Gasteiger partial charge in [0.15, 0.2) is 0 Å². The molecule has 0 radical (unpaired) electrons. The Labute approximate surface area is 142 Å². The molecule has 24 heavy (non-hydrogen) atoms. The third kappa shape index (κ3) is 2.79. The van der Waals surface area contributed by atoms with Crippen molar-refractivity contribution in [2.24, 2.45) is 11.8 Å². The summed E-state index contributed by atoms with van der Waals surface area (Å²) in [5.74, 6) is 2.07. The van der Waals surface area contributed by atoms with Crippen LogP contribution in [0.15, 0.2) is 30.3 Å². The lowest BCUT2D eigenvalue weighted by molar-refractivity contribution is 0.0786. The minimum absolute atomic E-state index is 0.0486. The zero-order chi connectivity index (χ0) is 16.7. The number of aromatic nitrogens is 2. The molecule has 1 aliphatic heterocycles. The first-order chi connectivity index (χ1) is 11.6. The monoisotopic (exact) mass is 324 g/mol. The summed E-state index contributed by atoms with van der Waals surface area (Å²) in [6.07, 6.45) is 3.80. The van der Waals surface area contributed by atoms with E-state index < -0.39 is 0 Å². The molecular formula is C19H24N4O. The van der Waals surface area contributed by atoms with E-state index in [9.17, 15) is 4.79 Å². The van der Waals surface area contributed by atoms with E-state index in [4.69, 9.17) is 5.73 Å². The first kappa shape index (κ1) is 15.2. The fourth-order valence-electron chi connectivity index (χ4n) is 3.82. The summed E-state index contributed by atoms with van der Waals surface area (Å²) in [5.41, 5.74) is 8.72. The molecule has 1 aromatic carbocycles. The first-order valence-electron chi connectivity index (χ1n) is 8.79. The molecule has 1 aliphatic carbocycles. The summed E-state index contributed by atoms with van der Waals surface area (Å²) in [6.45, 7) is 4.19. The number of anilines is 1. The van der Waals surface area contributed by atoms with Crippen molar-refractivity contribution in [1.82, 2.24) is 14.7 Å². The second-order valence-electron chi connectivity index (χ2n) is 7.13. The van der Waals surface area contributed by atoms with Crippen LogP contribution in [0.5, 0.6) is 0 Å². The number of rotatable bonds is 4. The van der Waals surface area contributed by atoms with Crippen LogP contribution in [0, 0.1) is 18.8 Å². The van der Waals surface area contributed by atoms with Crippen LogP contribution in [-0.2, 0) is 6.54 Å². The number of amides is 1. The summed E-state index contributed by atoms with van der Waals surface area (Å²) in [6, 6.07) is 10.1. The molecule has 2 fully saturated rings. The Morgan fingerprint density at radius 3 is 2.67 bits per heavy atom. The Morgan fingerprint density at radius 1 is 1.21 bits per heavy atom. The molecule has 0 spiro atoms. The second kappa shape index (κ2) is 5.96. The van der Waals surface area contributed by atoms with E-state index in [-0.39, 0.29) is 5.91 Å². The third-order valence-corrected chi connectivity index (χ3v) is 5.36. The zero-order valence-electron chi connectivity index (χ0n) is 14.1. The Bertz CT molecular complexity index is 748. The highest BCUT2D eigenvalue weighted by molar-refractivity contribution is 5.99. The number of carbonyl (C=O) groups is 1. The van der Waals surface area contributed by atoms with Crippen LogP contribution in [0.4, 0.5) is 5.82 Å². The molecule has 1 aromatic heterocycles. The van der Waals surface area contributed by atoms with Gasteiger partial charge in [-0.2, -0.15) is 5.10 Å². The number of aryl methyl sites for hydroxylation is 1. The van der Waals surface area contributed by atoms with Crippen molar-refractivity contribution in [3.63, 3.8) is 0 Å². The Kier molecular flexibility index (Phi) is 3.79. The summed E-state index contributed by atoms with van der Waals surface area (Å²) >= 11 is 0. The summed E-state index contributed by atoms with van der Waals surface area (Å²) < 4.78 is 1.74. The van der Waals surface area contributed by atoms with Crippen LogP contribution >= 0.6 is 0 Å². The number of nitrogen functional groups attached to an aromatic ring is 1. The quantitative estimate of drug-likeness (QED) is 0.940. The third-order valence-electron chi connectivity index (χ3n) is 5.36. The van der Waals surface area contributed by atoms with Crippen molar-refractivity contribution in [1.29, 1.82) is 0 Å². The SMILES string of the molecule is Cc1nn(Cc2ccccc2)c(N)c1C(=O)N1CCC(C2CC2)C1. The van der Waals surface area contributed by atoms with Crippen LogP contribution in [0.2, 0.25) is 0 Å². The number of hydrogen-bond donors (Lipinski definition) is 1. The predicted molar refractivity (Wildman–Crippen MR) is 93.7 cm³/mol. The molecule has 1 unspecified atom stereocenters. The van der Waals surface area contributed by atoms with E-state index in [1.807, 2.05) is 42.2 Å². The molecule has 1 saturated heterocycles. The smallest absolute Gasteiger partial charge is 0.259 e. The van der Waals surface area contributed by atoms with Gasteiger partial charge in [-0.25, -0.2) is 4.68 Å². The van der Waals surface area contributed by atoms with Crippen molar-refractivity contribution in [2.45, 2.75) is 32.7 Å². The maximum Gasteiger partial charge on any atom is 0.259 e. The van der Waals surface area contributed by atoms with Crippen LogP contribution in [0.1, 0.15) is 40.9 Å². The highest BCUT2D eigenvalue weighted by Gasteiger charge is 2.38. The van der Waals surface area contributed by atoms with Gasteiger partial charge in [0.1, 0.15) is 11.4 Å². The Hall–Kier alpha value is -2.30. The molecule has 4 rings (SSSR count). The number of nitrogens with zero attached hydrogens (tertiary/aromatic N) is 3. The largest absolute Gasteiger partial charge is 0.383 e. The van der Waals surface area contributed by atoms with E-state index in [1.165, 1.54) is 12.8 Å². The van der Waals surface area contributed by atoms with Gasteiger partial charge in [0, 0.05) is 13.1 Å². The predicted octanol–water partition coefficient (Wildman–Crippen LogP) is 2.69. The number of likely N-dealkylation sites (tertiary alicyclic amines) is 1. The molecule has 1 atom stereocenters. The summed E-state index contributed by atoms with van der Waals surface area (Å²) in [5, 5.41) is 4.51. The van der Waals surface area contributed by atoms with Crippen molar-refractivity contribution in [3.05, 3.63) is 47.2 Å². The average Bonchev–Trinajstić information content (AvgIpc) is 3.24. The lowest BCUT2D eigenvalue weighted by Gasteiger charge is -2.16. The molecular weight excluding hydrogens is 300 g/mol. The molecule has 2 N–H and O–H groups in total. The van der Waals surface area contributed by atoms with E-state index in [0.29, 0.717) is 23.8 Å². The van der Waals surface area contributed by atoms with E-state index in [0.717, 1.165) is 36.7 Å². The van der Waals surface area contributed by atoms with Gasteiger partial charge >= 0.3 is 0 Å². The van der Waals surface area contributed by atoms with Gasteiger partial charge in [0.2, 0.25) is 0 Å². The van der Waals surface area contributed by atoms with Crippen LogP contribution in [-0.4, -0.2) is 33.7 Å². The molecule has 5 nitrogen and oxygen atoms in total. The van der Waals surface area contributed by atoms with Crippen molar-refractivity contribution in [2.75, 3.05) is 18.8 Å². The number of carbonyl (C=O) groups excluding carboxylic acids is 1. The minimum Gasteiger partial charge on any atom is -0.383 e. The van der Waals surface area contributed by atoms with E-state index in [1.54, 1.807) is 4.68 Å². The van der Waals surface area contributed by atoms with Crippen molar-refractivity contribution < 1.29 is 4.79 Å². The van der Waals surface area contributed by atoms with Gasteiger partial charge in [0.25, 0.3) is 5.91 Å². The van der Waals surface area contributed by atoms with Crippen LogP contribution in [0.3, 0.4) is 0 Å². The molecule has 126 valence electrons. The lowest BCUT2D eigenvalue weighted by atomic mass is 10.0. The maximum absolute atomic E-state index is 12.9. The Morgan fingerprint density at radius 2 is 1.96 bits per heavy atom. The normalized spacial score (nSPS) is 20.5. The molecule has 5 heteroatoms. The Balaban J connectivity index is 1.53. The molecule has 2 aromatic rings. The lowest BCUT2D eigenvalue weighted by Crippen LogP contribution is -2.30. The second-order valence-corrected chi connectivity index (χ2v) is 7.13. The van der Waals surface area contributed by atoms with Gasteiger partial charge in [-0.05, 0) is 43.6 Å². The molecule has 2 heterocycles. The standard InChI is InChI=1S/C19H24N4O/c1-13-17(19(24)22-10-9-16(12-22)15-7-8-15)18(20)23(21-13)11-14-5-3-2-4-6-14/h2-6,15-16H,7-12,20H2,1H3. The fourth-order valence-corrected chi connectivity index (χ4v) is 3.82. The summed E-state index contributed by atoms with van der Waals surface area (Å²) in [4.78, 5) is 14.9. The number of nitrogens with two attached hydrogens (primary N) is 1. The van der Waals surface area contributed by atoms with Crippen molar-refractivity contribution >= 4 is 11.7 Å². The van der Waals surface area contributed by atoms with Crippen LogP contribution < -0.4 is 5.73 Å². The van der Waals surface area contributed by atoms with Gasteiger partial charge in [-0.15, -0.1) is 0 Å². The van der Waals surface area contributed by atoms with Gasteiger partial charge in [-0.1, -0.05) is 30.3 Å². The zero-order valence-corrected chi connectivity index (χ0v) is 14.1. The molecule has 1 amide bonds. The van der Waals surface area contributed by atoms with Gasteiger partial charge < -0.3 is 10.6 Å². The van der Waals surface area contributed by atoms with Gasteiger partial charge in [0.05, 0.1) is 12.2 Å². The maximum atomic E-state index is 12.9. The average molecular weight is 324 g/mol. The number of hydrogen-bond acceptors (Lipinski definition) is 3. The minimum atomic E-state index is 0.0486. The van der Waals surface area contributed by atoms with Crippen molar-refractivity contribution in [3.8, 4) is 0 Å². The highest BCUT2D eigenvalue weighted by atomic mass is 16.2. The van der Waals surface area contributed by atoms with E-state index >= 15 is 0 Å². The fraction of sp³-hybridized carbons (Fsp3) is 0.474. The first-order valence-corrected chi connectivity index (χ1v) is 8.79. The van der Waals surface area contributed by atoms with E-state index in [2.05, 4.69) is 5.10 Å². The van der Waals surface area contributed by atoms with Gasteiger partial charge in [-0.3, -0.25) is 4.79 Å². The topological polar surface area (TPSA) is 64.2 Å². The molecule has 2 aliphatic rings. The molecule has 0 bridgehead atoms.